The molecule has 116 valence electrons. The van der Waals surface area contributed by atoms with Crippen molar-refractivity contribution in [3.8, 4) is 0 Å². The Morgan fingerprint density at radius 2 is 2.18 bits per heavy atom. The molecule has 1 aliphatic heterocycles. The second kappa shape index (κ2) is 5.68. The first-order chi connectivity index (χ1) is 10.8. The molecular formula is C16H22N6. The van der Waals surface area contributed by atoms with Gasteiger partial charge in [0.25, 0.3) is 0 Å². The quantitative estimate of drug-likeness (QED) is 0.890. The van der Waals surface area contributed by atoms with Gasteiger partial charge in [-0.25, -0.2) is 4.98 Å². The van der Waals surface area contributed by atoms with Gasteiger partial charge in [-0.2, -0.15) is 5.10 Å². The zero-order chi connectivity index (χ0) is 14.9. The van der Waals surface area contributed by atoms with Crippen molar-refractivity contribution in [2.24, 2.45) is 13.0 Å². The molecule has 1 aliphatic carbocycles. The number of aromatic nitrogens is 4. The third kappa shape index (κ3) is 2.59. The number of nitrogens with one attached hydrogen (secondary N) is 1. The van der Waals surface area contributed by atoms with Crippen molar-refractivity contribution in [3.05, 3.63) is 35.5 Å². The number of hydrogen-bond donors (Lipinski definition) is 1. The topological polar surface area (TPSA) is 58.9 Å². The highest BCUT2D eigenvalue weighted by Crippen LogP contribution is 2.26. The summed E-state index contributed by atoms with van der Waals surface area (Å²) in [5.74, 6) is 2.83. The molecule has 6 heteroatoms. The summed E-state index contributed by atoms with van der Waals surface area (Å²) in [6.45, 7) is 4.00. The molecule has 3 heterocycles. The fourth-order valence-electron chi connectivity index (χ4n) is 3.31. The van der Waals surface area contributed by atoms with Crippen LogP contribution in [0.4, 0.5) is 5.82 Å². The lowest BCUT2D eigenvalue weighted by Crippen LogP contribution is -2.51. The predicted molar refractivity (Wildman–Crippen MR) is 84.7 cm³/mol. The molecule has 0 radical (unpaired) electrons. The normalized spacial score (nSPS) is 17.6. The highest BCUT2D eigenvalue weighted by molar-refractivity contribution is 5.45. The Kier molecular flexibility index (Phi) is 3.54. The van der Waals surface area contributed by atoms with Crippen LogP contribution in [0.5, 0.6) is 0 Å². The van der Waals surface area contributed by atoms with Gasteiger partial charge >= 0.3 is 0 Å². The van der Waals surface area contributed by atoms with Crippen LogP contribution in [0.1, 0.15) is 23.5 Å². The second-order valence-electron chi connectivity index (χ2n) is 6.38. The lowest BCUT2D eigenvalue weighted by molar-refractivity contribution is 0.378. The molecule has 1 saturated heterocycles. The number of fused-ring (bicyclic) bond motifs is 1. The van der Waals surface area contributed by atoms with E-state index in [9.17, 15) is 0 Å². The Hall–Kier alpha value is -1.95. The van der Waals surface area contributed by atoms with Crippen LogP contribution in [-0.4, -0.2) is 39.4 Å². The summed E-state index contributed by atoms with van der Waals surface area (Å²) in [5, 5.41) is 12.3. The fourth-order valence-corrected chi connectivity index (χ4v) is 3.31. The Bertz CT molecular complexity index is 658. The van der Waals surface area contributed by atoms with Gasteiger partial charge in [-0.15, -0.1) is 5.10 Å². The molecule has 0 amide bonds. The van der Waals surface area contributed by atoms with Gasteiger partial charge in [-0.1, -0.05) is 0 Å². The highest BCUT2D eigenvalue weighted by atomic mass is 15.3. The van der Waals surface area contributed by atoms with E-state index in [1.807, 2.05) is 19.4 Å². The van der Waals surface area contributed by atoms with Crippen LogP contribution < -0.4 is 10.2 Å². The van der Waals surface area contributed by atoms with Crippen molar-refractivity contribution < 1.29 is 0 Å². The van der Waals surface area contributed by atoms with Crippen molar-refractivity contribution >= 4 is 5.82 Å². The molecule has 0 atom stereocenters. The molecule has 2 aromatic rings. The summed E-state index contributed by atoms with van der Waals surface area (Å²) in [5.41, 5.74) is 2.61. The summed E-state index contributed by atoms with van der Waals surface area (Å²) >= 11 is 0. The first kappa shape index (κ1) is 13.7. The maximum Gasteiger partial charge on any atom is 0.151 e. The van der Waals surface area contributed by atoms with Crippen molar-refractivity contribution in [2.75, 3.05) is 24.5 Å². The molecule has 0 bridgehead atoms. The molecule has 2 aromatic heterocycles. The summed E-state index contributed by atoms with van der Waals surface area (Å²) in [7, 11) is 2.03. The number of rotatable bonds is 5. The molecule has 0 aromatic carbocycles. The minimum atomic E-state index is 0.690. The van der Waals surface area contributed by atoms with Gasteiger partial charge in [-0.3, -0.25) is 0 Å². The van der Waals surface area contributed by atoms with Crippen LogP contribution in [0.15, 0.2) is 18.5 Å². The maximum atomic E-state index is 4.38. The summed E-state index contributed by atoms with van der Waals surface area (Å²) < 4.78 is 2.06. The lowest BCUT2D eigenvalue weighted by Gasteiger charge is -2.40. The summed E-state index contributed by atoms with van der Waals surface area (Å²) in [6.07, 6.45) is 7.32. The van der Waals surface area contributed by atoms with E-state index in [-0.39, 0.29) is 0 Å². The molecule has 0 unspecified atom stereocenters. The van der Waals surface area contributed by atoms with Crippen molar-refractivity contribution in [1.82, 2.24) is 25.1 Å². The van der Waals surface area contributed by atoms with Gasteiger partial charge in [0.2, 0.25) is 0 Å². The van der Waals surface area contributed by atoms with E-state index < -0.39 is 0 Å². The predicted octanol–water partition coefficient (Wildman–Crippen LogP) is 0.925. The Morgan fingerprint density at radius 1 is 1.27 bits per heavy atom. The average molecular weight is 298 g/mol. The molecular weight excluding hydrogens is 276 g/mol. The van der Waals surface area contributed by atoms with E-state index in [1.165, 1.54) is 24.1 Å². The van der Waals surface area contributed by atoms with E-state index in [0.717, 1.165) is 44.2 Å². The van der Waals surface area contributed by atoms with Crippen LogP contribution >= 0.6 is 0 Å². The van der Waals surface area contributed by atoms with Gasteiger partial charge < -0.3 is 14.8 Å². The van der Waals surface area contributed by atoms with Crippen LogP contribution in [-0.2, 0) is 26.4 Å². The summed E-state index contributed by atoms with van der Waals surface area (Å²) in [6, 6.07) is 2.24. The molecule has 6 nitrogen and oxygen atoms in total. The minimum Gasteiger partial charge on any atom is -0.354 e. The molecule has 2 aliphatic rings. The van der Waals surface area contributed by atoms with E-state index in [4.69, 9.17) is 0 Å². The Balaban J connectivity index is 1.25. The second-order valence-corrected chi connectivity index (χ2v) is 6.38. The number of hydrogen-bond acceptors (Lipinski definition) is 5. The van der Waals surface area contributed by atoms with Gasteiger partial charge in [0.1, 0.15) is 5.82 Å². The standard InChI is InChI=1S/C16H22N6/c1-21-6-5-18-16(21)9-17-8-12-10-22(11-12)15-7-13-3-2-4-14(13)19-20-15/h5-7,12,17H,2-4,8-11H2,1H3. The van der Waals surface area contributed by atoms with Gasteiger partial charge in [0, 0.05) is 45.0 Å². The molecule has 1 fully saturated rings. The Labute approximate surface area is 130 Å². The third-order valence-corrected chi connectivity index (χ3v) is 4.73. The Morgan fingerprint density at radius 3 is 3.00 bits per heavy atom. The number of nitrogens with zero attached hydrogens (tertiary/aromatic N) is 5. The van der Waals surface area contributed by atoms with Crippen molar-refractivity contribution in [1.29, 1.82) is 0 Å². The van der Waals surface area contributed by atoms with Crippen LogP contribution in [0, 0.1) is 5.92 Å². The molecule has 0 saturated carbocycles. The van der Waals surface area contributed by atoms with E-state index >= 15 is 0 Å². The van der Waals surface area contributed by atoms with E-state index in [2.05, 4.69) is 36.0 Å². The average Bonchev–Trinajstić information content (AvgIpc) is 3.09. The largest absolute Gasteiger partial charge is 0.354 e. The molecule has 4 rings (SSSR count). The fraction of sp³-hybridized carbons (Fsp3) is 0.562. The molecule has 1 N–H and O–H groups in total. The first-order valence-corrected chi connectivity index (χ1v) is 8.07. The molecule has 0 spiro atoms. The van der Waals surface area contributed by atoms with Gasteiger partial charge in [0.05, 0.1) is 12.2 Å². The van der Waals surface area contributed by atoms with Gasteiger partial charge in [-0.05, 0) is 30.9 Å². The maximum absolute atomic E-state index is 4.38. The van der Waals surface area contributed by atoms with E-state index in [0.29, 0.717) is 5.92 Å². The van der Waals surface area contributed by atoms with Crippen molar-refractivity contribution in [2.45, 2.75) is 25.8 Å². The van der Waals surface area contributed by atoms with Crippen LogP contribution in [0.3, 0.4) is 0 Å². The number of aryl methyl sites for hydroxylation is 3. The SMILES string of the molecule is Cn1ccnc1CNCC1CN(c2cc3c(nn2)CCC3)C1. The minimum absolute atomic E-state index is 0.690. The zero-order valence-corrected chi connectivity index (χ0v) is 13.0. The monoisotopic (exact) mass is 298 g/mol. The van der Waals surface area contributed by atoms with Crippen LogP contribution in [0.2, 0.25) is 0 Å². The number of imidazole rings is 1. The zero-order valence-electron chi connectivity index (χ0n) is 13.0. The number of anilines is 1. The third-order valence-electron chi connectivity index (χ3n) is 4.73. The van der Waals surface area contributed by atoms with Crippen molar-refractivity contribution in [3.63, 3.8) is 0 Å². The smallest absolute Gasteiger partial charge is 0.151 e. The first-order valence-electron chi connectivity index (χ1n) is 8.07. The summed E-state index contributed by atoms with van der Waals surface area (Å²) in [4.78, 5) is 6.66. The lowest BCUT2D eigenvalue weighted by atomic mass is 10.00. The van der Waals surface area contributed by atoms with Crippen LogP contribution in [0.25, 0.3) is 0 Å². The van der Waals surface area contributed by atoms with Gasteiger partial charge in [0.15, 0.2) is 5.82 Å². The highest BCUT2D eigenvalue weighted by Gasteiger charge is 2.28. The molecule has 22 heavy (non-hydrogen) atoms. The van der Waals surface area contributed by atoms with E-state index in [1.54, 1.807) is 0 Å².